The molecule has 1 aliphatic heterocycles. The summed E-state index contributed by atoms with van der Waals surface area (Å²) in [5, 5.41) is 15.0. The molecule has 2 N–H and O–H groups in total. The van der Waals surface area contributed by atoms with E-state index in [1.165, 1.54) is 5.69 Å². The Labute approximate surface area is 195 Å². The first-order valence-corrected chi connectivity index (χ1v) is 11.8. The molecule has 0 spiro atoms. The minimum Gasteiger partial charge on any atom is -0.488 e. The zero-order chi connectivity index (χ0) is 22.6. The number of aromatic nitrogens is 1. The van der Waals surface area contributed by atoms with Crippen molar-refractivity contribution in [2.75, 3.05) is 31.1 Å². The largest absolute Gasteiger partial charge is 0.488 e. The van der Waals surface area contributed by atoms with E-state index in [4.69, 9.17) is 9.15 Å². The van der Waals surface area contributed by atoms with Crippen LogP contribution >= 0.6 is 0 Å². The van der Waals surface area contributed by atoms with E-state index in [2.05, 4.69) is 44.4 Å². The second-order valence-corrected chi connectivity index (χ2v) is 8.89. The van der Waals surface area contributed by atoms with E-state index in [1.54, 1.807) is 6.26 Å². The summed E-state index contributed by atoms with van der Waals surface area (Å²) in [7, 11) is 0. The highest BCUT2D eigenvalue weighted by atomic mass is 16.5. The van der Waals surface area contributed by atoms with Crippen LogP contribution in [0.4, 0.5) is 5.69 Å². The van der Waals surface area contributed by atoms with Crippen LogP contribution in [0.15, 0.2) is 71.3 Å². The first-order chi connectivity index (χ1) is 16.2. The molecule has 3 aromatic rings. The summed E-state index contributed by atoms with van der Waals surface area (Å²) in [4.78, 5) is 9.25. The van der Waals surface area contributed by atoms with Crippen molar-refractivity contribution in [2.24, 2.45) is 0 Å². The van der Waals surface area contributed by atoms with Crippen molar-refractivity contribution in [3.8, 4) is 5.75 Å². The molecule has 1 saturated carbocycles. The highest BCUT2D eigenvalue weighted by Gasteiger charge is 2.47. The van der Waals surface area contributed by atoms with Gasteiger partial charge in [-0.3, -0.25) is 4.90 Å². The molecule has 2 aromatic carbocycles. The van der Waals surface area contributed by atoms with E-state index in [9.17, 15) is 5.11 Å². The van der Waals surface area contributed by atoms with Crippen LogP contribution in [0.1, 0.15) is 18.0 Å². The third-order valence-corrected chi connectivity index (χ3v) is 6.73. The molecular weight excluding hydrogens is 416 g/mol. The number of para-hydroxylation sites is 2. The number of anilines is 1. The van der Waals surface area contributed by atoms with Gasteiger partial charge < -0.3 is 24.5 Å². The summed E-state index contributed by atoms with van der Waals surface area (Å²) in [6, 6.07) is 20.4. The Hall–Kier alpha value is -2.87. The van der Waals surface area contributed by atoms with Crippen LogP contribution in [0.5, 0.6) is 5.75 Å². The standard InChI is InChI=1S/C26H32N4O3/c1-19-28-20(18-32-19)17-27-23-16-24(33-22-10-6-3-7-11-22)26(31)25(23)30-14-12-29(13-15-30)21-8-4-2-5-9-21/h2-11,18,23-27,31H,12-17H2,1H3/t23-,24-,25+,26+/m1/s1. The lowest BCUT2D eigenvalue weighted by Crippen LogP contribution is -2.58. The van der Waals surface area contributed by atoms with Gasteiger partial charge in [0.05, 0.1) is 11.7 Å². The Balaban J connectivity index is 1.28. The van der Waals surface area contributed by atoms with E-state index in [1.807, 2.05) is 43.3 Å². The number of aryl methyl sites for hydroxylation is 1. The molecular formula is C26H32N4O3. The van der Waals surface area contributed by atoms with Crippen LogP contribution in [0, 0.1) is 6.92 Å². The maximum absolute atomic E-state index is 11.4. The van der Waals surface area contributed by atoms with Gasteiger partial charge in [-0.1, -0.05) is 36.4 Å². The van der Waals surface area contributed by atoms with Crippen LogP contribution < -0.4 is 15.0 Å². The third kappa shape index (κ3) is 5.05. The summed E-state index contributed by atoms with van der Waals surface area (Å²) in [5.41, 5.74) is 2.13. The fraction of sp³-hybridized carbons (Fsp3) is 0.423. The van der Waals surface area contributed by atoms with Crippen LogP contribution in [-0.2, 0) is 6.54 Å². The van der Waals surface area contributed by atoms with E-state index < -0.39 is 6.10 Å². The molecule has 4 atom stereocenters. The molecule has 2 aliphatic rings. The lowest BCUT2D eigenvalue weighted by Gasteiger charge is -2.42. The fourth-order valence-corrected chi connectivity index (χ4v) is 5.10. The van der Waals surface area contributed by atoms with Crippen LogP contribution in [0.3, 0.4) is 0 Å². The van der Waals surface area contributed by atoms with E-state index in [-0.39, 0.29) is 18.2 Å². The van der Waals surface area contributed by atoms with Crippen molar-refractivity contribution < 1.29 is 14.3 Å². The lowest BCUT2D eigenvalue weighted by atomic mass is 10.1. The quantitative estimate of drug-likeness (QED) is 0.576. The SMILES string of the molecule is Cc1nc(CN[C@@H]2C[C@@H](Oc3ccccc3)[C@H](O)[C@H]2N2CCN(c3ccccc3)CC2)co1. The van der Waals surface area contributed by atoms with Gasteiger partial charge in [-0.25, -0.2) is 4.98 Å². The van der Waals surface area contributed by atoms with Crippen molar-refractivity contribution in [2.45, 2.75) is 44.2 Å². The van der Waals surface area contributed by atoms with Gasteiger partial charge in [0.25, 0.3) is 0 Å². The molecule has 174 valence electrons. The smallest absolute Gasteiger partial charge is 0.191 e. The molecule has 0 radical (unpaired) electrons. The second-order valence-electron chi connectivity index (χ2n) is 8.89. The minimum atomic E-state index is -0.579. The average Bonchev–Trinajstić information content (AvgIpc) is 3.41. The zero-order valence-corrected chi connectivity index (χ0v) is 19.0. The number of hydrogen-bond donors (Lipinski definition) is 2. The fourth-order valence-electron chi connectivity index (χ4n) is 5.10. The van der Waals surface area contributed by atoms with Gasteiger partial charge >= 0.3 is 0 Å². The number of nitrogens with zero attached hydrogens (tertiary/aromatic N) is 3. The number of benzene rings is 2. The number of rotatable bonds is 7. The molecule has 33 heavy (non-hydrogen) atoms. The normalized spacial score (nSPS) is 25.9. The first-order valence-electron chi connectivity index (χ1n) is 11.8. The van der Waals surface area contributed by atoms with Gasteiger partial charge in [-0.2, -0.15) is 0 Å². The Kier molecular flexibility index (Phi) is 6.62. The number of aliphatic hydroxyl groups excluding tert-OH is 1. The molecule has 5 rings (SSSR count). The van der Waals surface area contributed by atoms with Crippen molar-refractivity contribution in [3.63, 3.8) is 0 Å². The Morgan fingerprint density at radius 1 is 1.03 bits per heavy atom. The van der Waals surface area contributed by atoms with Crippen molar-refractivity contribution in [1.29, 1.82) is 0 Å². The van der Waals surface area contributed by atoms with E-state index in [0.717, 1.165) is 44.0 Å². The second kappa shape index (κ2) is 9.95. The molecule has 2 fully saturated rings. The molecule has 0 amide bonds. The van der Waals surface area contributed by atoms with Gasteiger partial charge in [-0.15, -0.1) is 0 Å². The molecule has 1 aromatic heterocycles. The van der Waals surface area contributed by atoms with Gasteiger partial charge in [-0.05, 0) is 24.3 Å². The molecule has 0 bridgehead atoms. The molecule has 0 unspecified atom stereocenters. The highest BCUT2D eigenvalue weighted by Crippen LogP contribution is 2.31. The summed E-state index contributed by atoms with van der Waals surface area (Å²) < 4.78 is 11.6. The lowest BCUT2D eigenvalue weighted by molar-refractivity contribution is 0.00517. The van der Waals surface area contributed by atoms with Crippen molar-refractivity contribution in [3.05, 3.63) is 78.5 Å². The number of oxazole rings is 1. The molecule has 2 heterocycles. The molecule has 1 saturated heterocycles. The minimum absolute atomic E-state index is 0.0235. The number of nitrogens with one attached hydrogen (secondary N) is 1. The van der Waals surface area contributed by atoms with Gasteiger partial charge in [0.2, 0.25) is 0 Å². The molecule has 1 aliphatic carbocycles. The predicted molar refractivity (Wildman–Crippen MR) is 127 cm³/mol. The van der Waals surface area contributed by atoms with Gasteiger partial charge in [0.15, 0.2) is 5.89 Å². The van der Waals surface area contributed by atoms with Crippen molar-refractivity contribution in [1.82, 2.24) is 15.2 Å². The summed E-state index contributed by atoms with van der Waals surface area (Å²) in [6.07, 6.45) is 1.58. The van der Waals surface area contributed by atoms with Crippen LogP contribution in [-0.4, -0.2) is 65.5 Å². The number of piperazine rings is 1. The summed E-state index contributed by atoms with van der Waals surface area (Å²) in [5.74, 6) is 1.46. The summed E-state index contributed by atoms with van der Waals surface area (Å²) >= 11 is 0. The monoisotopic (exact) mass is 448 g/mol. The Bertz CT molecular complexity index is 1000. The highest BCUT2D eigenvalue weighted by molar-refractivity contribution is 5.46. The van der Waals surface area contributed by atoms with E-state index >= 15 is 0 Å². The van der Waals surface area contributed by atoms with Crippen LogP contribution in [0.25, 0.3) is 0 Å². The Morgan fingerprint density at radius 2 is 1.73 bits per heavy atom. The third-order valence-electron chi connectivity index (χ3n) is 6.73. The maximum atomic E-state index is 11.4. The number of aliphatic hydroxyl groups is 1. The molecule has 7 nitrogen and oxygen atoms in total. The zero-order valence-electron chi connectivity index (χ0n) is 19.0. The van der Waals surface area contributed by atoms with Crippen molar-refractivity contribution >= 4 is 5.69 Å². The van der Waals surface area contributed by atoms with Gasteiger partial charge in [0.1, 0.15) is 24.2 Å². The predicted octanol–water partition coefficient (Wildman–Crippen LogP) is 2.84. The number of hydrogen-bond acceptors (Lipinski definition) is 7. The summed E-state index contributed by atoms with van der Waals surface area (Å²) in [6.45, 7) is 6.12. The molecule has 7 heteroatoms. The maximum Gasteiger partial charge on any atom is 0.191 e. The van der Waals surface area contributed by atoms with Crippen LogP contribution in [0.2, 0.25) is 0 Å². The number of ether oxygens (including phenoxy) is 1. The van der Waals surface area contributed by atoms with Gasteiger partial charge in [0, 0.05) is 57.8 Å². The first kappa shape index (κ1) is 21.9. The average molecular weight is 449 g/mol. The Morgan fingerprint density at radius 3 is 2.39 bits per heavy atom. The van der Waals surface area contributed by atoms with E-state index in [0.29, 0.717) is 12.4 Å². The topological polar surface area (TPSA) is 74.0 Å².